The molecule has 2 aliphatic rings. The summed E-state index contributed by atoms with van der Waals surface area (Å²) in [6.45, 7) is 2.57. The van der Waals surface area contributed by atoms with Gasteiger partial charge in [-0.2, -0.15) is 0 Å². The third-order valence-electron chi connectivity index (χ3n) is 12.9. The number of ether oxygens (including phenoxy) is 10. The molecule has 10 atom stereocenters. The first-order valence-corrected chi connectivity index (χ1v) is 26.9. The summed E-state index contributed by atoms with van der Waals surface area (Å²) < 4.78 is 67.2. The summed E-state index contributed by atoms with van der Waals surface area (Å²) in [5, 5.41) is 0. The molecule has 2 heterocycles. The van der Waals surface area contributed by atoms with Crippen molar-refractivity contribution >= 4 is 29.7 Å². The Bertz CT molecular complexity index is 2850. The highest BCUT2D eigenvalue weighted by Gasteiger charge is 2.54. The predicted octanol–water partition coefficient (Wildman–Crippen LogP) is 10.9. The van der Waals surface area contributed by atoms with Crippen molar-refractivity contribution < 1.29 is 61.8 Å². The average Bonchev–Trinajstić information content (AvgIpc) is 3.48. The number of carbonyl (C=O) groups is 3. The van der Waals surface area contributed by atoms with Crippen LogP contribution in [0.25, 0.3) is 0 Å². The normalized spacial score (nSPS) is 23.1. The largest absolute Gasteiger partial charge is 0.452 e. The highest BCUT2D eigenvalue weighted by molar-refractivity contribution is 7.99. The maximum absolute atomic E-state index is 14.3. The molecular weight excluding hydrogens is 997 g/mol. The van der Waals surface area contributed by atoms with Crippen molar-refractivity contribution in [1.29, 1.82) is 0 Å². The Morgan fingerprint density at radius 3 is 1.18 bits per heavy atom. The van der Waals surface area contributed by atoms with Crippen molar-refractivity contribution in [3.8, 4) is 0 Å². The van der Waals surface area contributed by atoms with Gasteiger partial charge in [-0.25, -0.2) is 14.4 Å². The second-order valence-electron chi connectivity index (χ2n) is 18.4. The second-order valence-corrected chi connectivity index (χ2v) is 19.7. The first kappa shape index (κ1) is 54.8. The molecule has 7 aromatic carbocycles. The minimum absolute atomic E-state index is 0.0727. The molecule has 0 aromatic heterocycles. The maximum Gasteiger partial charge on any atom is 0.338 e. The van der Waals surface area contributed by atoms with Gasteiger partial charge >= 0.3 is 17.9 Å². The number of esters is 3. The predicted molar refractivity (Wildman–Crippen MR) is 289 cm³/mol. The Hall–Kier alpha value is -6.98. The average molecular weight is 1060 g/mol. The number of rotatable bonds is 24. The number of thioether (sulfide) groups is 1. The highest BCUT2D eigenvalue weighted by atomic mass is 32.2. The van der Waals surface area contributed by atoms with E-state index in [1.54, 1.807) is 91.0 Å². The summed E-state index contributed by atoms with van der Waals surface area (Å²) in [7, 11) is 0. The van der Waals surface area contributed by atoms with Crippen LogP contribution in [0.4, 0.5) is 0 Å². The summed E-state index contributed by atoms with van der Waals surface area (Å²) in [4.78, 5) is 42.6. The third-order valence-corrected chi connectivity index (χ3v) is 14.0. The summed E-state index contributed by atoms with van der Waals surface area (Å²) in [5.41, 5.74) is 3.50. The molecule has 2 fully saturated rings. The van der Waals surface area contributed by atoms with E-state index in [4.69, 9.17) is 47.4 Å². The number of benzene rings is 7. The van der Waals surface area contributed by atoms with E-state index < -0.39 is 78.5 Å². The summed E-state index contributed by atoms with van der Waals surface area (Å²) in [5.74, 6) is -1.66. The molecule has 0 radical (unpaired) electrons. The summed E-state index contributed by atoms with van der Waals surface area (Å²) in [6, 6.07) is 64.6. The van der Waals surface area contributed by atoms with E-state index in [1.807, 2.05) is 128 Å². The molecule has 7 aromatic rings. The van der Waals surface area contributed by atoms with Crippen LogP contribution in [-0.2, 0) is 73.8 Å². The van der Waals surface area contributed by atoms with Gasteiger partial charge in [0.1, 0.15) is 36.0 Å². The van der Waals surface area contributed by atoms with Crippen LogP contribution >= 0.6 is 11.8 Å². The Morgan fingerprint density at radius 1 is 0.377 bits per heavy atom. The fourth-order valence-corrected chi connectivity index (χ4v) is 10.0. The molecule has 9 rings (SSSR count). The quantitative estimate of drug-likeness (QED) is 0.0418. The molecule has 2 aliphatic heterocycles. The first-order valence-electron chi connectivity index (χ1n) is 25.8. The summed E-state index contributed by atoms with van der Waals surface area (Å²) in [6.07, 6.45) is -9.77. The van der Waals surface area contributed by atoms with E-state index in [9.17, 15) is 14.4 Å². The van der Waals surface area contributed by atoms with Crippen LogP contribution in [0.15, 0.2) is 212 Å². The van der Waals surface area contributed by atoms with Gasteiger partial charge in [0.2, 0.25) is 0 Å². The minimum atomic E-state index is -1.41. The first-order chi connectivity index (χ1) is 37.9. The van der Waals surface area contributed by atoms with Gasteiger partial charge in [0.25, 0.3) is 0 Å². The fraction of sp³-hybridized carbons (Fsp3) is 0.286. The van der Waals surface area contributed by atoms with E-state index in [-0.39, 0.29) is 49.7 Å². The maximum atomic E-state index is 14.3. The fourth-order valence-electron chi connectivity index (χ4n) is 9.08. The number of hydrogen-bond donors (Lipinski definition) is 0. The minimum Gasteiger partial charge on any atom is -0.452 e. The van der Waals surface area contributed by atoms with Crippen LogP contribution in [0.2, 0.25) is 0 Å². The van der Waals surface area contributed by atoms with Crippen molar-refractivity contribution in [3.05, 3.63) is 251 Å². The molecule has 2 saturated heterocycles. The molecule has 0 spiro atoms. The molecule has 77 heavy (non-hydrogen) atoms. The van der Waals surface area contributed by atoms with Gasteiger partial charge in [0.15, 0.2) is 24.6 Å². The molecule has 1 unspecified atom stereocenters. The van der Waals surface area contributed by atoms with Gasteiger partial charge < -0.3 is 47.4 Å². The monoisotopic (exact) mass is 1060 g/mol. The second kappa shape index (κ2) is 28.4. The highest BCUT2D eigenvalue weighted by Crippen LogP contribution is 2.37. The Balaban J connectivity index is 1.09. The van der Waals surface area contributed by atoms with Crippen molar-refractivity contribution in [2.24, 2.45) is 0 Å². The van der Waals surface area contributed by atoms with Crippen LogP contribution < -0.4 is 0 Å². The van der Waals surface area contributed by atoms with Crippen LogP contribution in [0.5, 0.6) is 0 Å². The molecule has 0 saturated carbocycles. The van der Waals surface area contributed by atoms with E-state index in [0.29, 0.717) is 12.4 Å². The zero-order valence-electron chi connectivity index (χ0n) is 42.6. The lowest BCUT2D eigenvalue weighted by molar-refractivity contribution is -0.335. The van der Waals surface area contributed by atoms with Gasteiger partial charge in [-0.05, 0) is 64.4 Å². The van der Waals surface area contributed by atoms with E-state index in [0.717, 1.165) is 22.3 Å². The molecule has 0 N–H and O–H groups in total. The lowest BCUT2D eigenvalue weighted by Gasteiger charge is -2.47. The molecule has 13 nitrogen and oxygen atoms in total. The number of hydrogen-bond acceptors (Lipinski definition) is 14. The van der Waals surface area contributed by atoms with Gasteiger partial charge in [0, 0.05) is 0 Å². The zero-order valence-corrected chi connectivity index (χ0v) is 43.5. The SMILES string of the molecule is CCS[C@@H]1O[C@H](COC2O[C@H](COCc3ccccc3)[C@@H](OCc3ccccc3)[C@H](OCc3ccccc3)[C@H]2OCc2ccccc2)[C@H](OC(=O)c2ccccc2)[C@H](OC(=O)c2ccccc2)[C@H]1OC(=O)c1ccccc1. The standard InChI is InChI=1S/C63H62O13S/c1-2-77-63-58(76-61(66)50-36-22-9-23-37-50)56(75-60(65)49-34-20-8-21-35-49)54(74-59(64)48-32-18-7-19-33-48)52(73-63)43-71-62-57(70-41-47-30-16-6-17-31-47)55(69-40-46-28-14-5-15-29-46)53(68-39-45-26-12-4-13-27-45)51(72-62)42-67-38-44-24-10-3-11-25-44/h3-37,51-58,62-63H,2,38-43H2,1H3/t51-,52-,53-,54+,55+,56+,57-,58-,62?,63+/m1/s1. The molecule has 398 valence electrons. The Morgan fingerprint density at radius 2 is 0.740 bits per heavy atom. The molecule has 14 heteroatoms. The van der Waals surface area contributed by atoms with Crippen molar-refractivity contribution in [2.75, 3.05) is 19.0 Å². The Kier molecular flexibility index (Phi) is 20.2. The van der Waals surface area contributed by atoms with Gasteiger partial charge in [-0.15, -0.1) is 11.8 Å². The lowest BCUT2D eigenvalue weighted by atomic mass is 9.97. The van der Waals surface area contributed by atoms with Crippen LogP contribution in [-0.4, -0.2) is 97.4 Å². The molecular formula is C63H62O13S. The molecule has 0 bridgehead atoms. The van der Waals surface area contributed by atoms with Crippen LogP contribution in [0.3, 0.4) is 0 Å². The van der Waals surface area contributed by atoms with E-state index >= 15 is 0 Å². The van der Waals surface area contributed by atoms with Crippen molar-refractivity contribution in [3.63, 3.8) is 0 Å². The molecule has 0 aliphatic carbocycles. The van der Waals surface area contributed by atoms with E-state index in [1.165, 1.54) is 11.8 Å². The van der Waals surface area contributed by atoms with Gasteiger partial charge in [-0.3, -0.25) is 0 Å². The third kappa shape index (κ3) is 15.4. The molecule has 0 amide bonds. The Labute approximate surface area is 453 Å². The smallest absolute Gasteiger partial charge is 0.338 e. The summed E-state index contributed by atoms with van der Waals surface area (Å²) >= 11 is 1.33. The van der Waals surface area contributed by atoms with Gasteiger partial charge in [0.05, 0.1) is 56.3 Å². The van der Waals surface area contributed by atoms with Crippen molar-refractivity contribution in [1.82, 2.24) is 0 Å². The lowest BCUT2D eigenvalue weighted by Crippen LogP contribution is -2.64. The number of carbonyl (C=O) groups excluding carboxylic acids is 3. The van der Waals surface area contributed by atoms with Gasteiger partial charge in [-0.1, -0.05) is 183 Å². The van der Waals surface area contributed by atoms with Crippen LogP contribution in [0, 0.1) is 0 Å². The van der Waals surface area contributed by atoms with Crippen LogP contribution in [0.1, 0.15) is 60.3 Å². The topological polar surface area (TPSA) is 144 Å². The zero-order chi connectivity index (χ0) is 53.0. The van der Waals surface area contributed by atoms with E-state index in [2.05, 4.69) is 0 Å². The van der Waals surface area contributed by atoms with Crippen molar-refractivity contribution in [2.45, 2.75) is 93.9 Å².